The molecule has 0 spiro atoms. The van der Waals surface area contributed by atoms with Gasteiger partial charge in [0.1, 0.15) is 16.6 Å². The number of Topliss-reactive ketones (excluding diaryl/α,β-unsaturated/α-hetero) is 2. The van der Waals surface area contributed by atoms with Gasteiger partial charge in [0, 0.05) is 5.56 Å². The maximum Gasteiger partial charge on any atom is 0.335 e. The van der Waals surface area contributed by atoms with E-state index in [4.69, 9.17) is 0 Å². The Hall–Kier alpha value is -4.89. The number of carboxylic acids is 1. The number of ketones is 2. The molecule has 0 amide bonds. The lowest BCUT2D eigenvalue weighted by Crippen LogP contribution is -2.51. The van der Waals surface area contributed by atoms with Crippen molar-refractivity contribution in [3.8, 4) is 0 Å². The van der Waals surface area contributed by atoms with E-state index in [9.17, 15) is 36.3 Å². The summed E-state index contributed by atoms with van der Waals surface area (Å²) >= 11 is 0. The van der Waals surface area contributed by atoms with E-state index in [1.165, 1.54) is 30.3 Å². The molecule has 15 heteroatoms. The Morgan fingerprint density at radius 3 is 2.54 bits per heavy atom. The molecule has 6 rings (SSSR count). The van der Waals surface area contributed by atoms with Gasteiger partial charge < -0.3 is 15.4 Å². The van der Waals surface area contributed by atoms with Crippen molar-refractivity contribution in [1.82, 2.24) is 9.97 Å². The molecule has 13 nitrogen and oxygen atoms in total. The van der Waals surface area contributed by atoms with Crippen LogP contribution in [0, 0.1) is 11.8 Å². The highest BCUT2D eigenvalue weighted by molar-refractivity contribution is 7.92. The molecule has 2 atom stereocenters. The van der Waals surface area contributed by atoms with Crippen LogP contribution in [0.1, 0.15) is 59.9 Å². The van der Waals surface area contributed by atoms with Crippen LogP contribution in [0.15, 0.2) is 75.1 Å². The Labute approximate surface area is 264 Å². The van der Waals surface area contributed by atoms with Crippen LogP contribution >= 0.6 is 0 Å². The van der Waals surface area contributed by atoms with Crippen LogP contribution in [0.25, 0.3) is 11.0 Å². The second-order valence-electron chi connectivity index (χ2n) is 11.9. The van der Waals surface area contributed by atoms with E-state index < -0.39 is 54.1 Å². The molecule has 1 unspecified atom stereocenters. The van der Waals surface area contributed by atoms with Crippen molar-refractivity contribution in [2.24, 2.45) is 16.2 Å². The zero-order valence-corrected chi connectivity index (χ0v) is 26.5. The molecule has 3 aromatic carbocycles. The van der Waals surface area contributed by atoms with E-state index in [0.717, 1.165) is 6.07 Å². The zero-order valence-electron chi connectivity index (χ0n) is 24.9. The van der Waals surface area contributed by atoms with Gasteiger partial charge in [-0.1, -0.05) is 38.1 Å². The number of rotatable bonds is 8. The van der Waals surface area contributed by atoms with Crippen molar-refractivity contribution in [2.45, 2.75) is 49.1 Å². The van der Waals surface area contributed by atoms with E-state index in [1.54, 1.807) is 31.2 Å². The number of aromatic nitrogens is 2. The van der Waals surface area contributed by atoms with Gasteiger partial charge in [-0.3, -0.25) is 14.3 Å². The van der Waals surface area contributed by atoms with Gasteiger partial charge in [-0.05, 0) is 67.6 Å². The number of aromatic amines is 1. The molecule has 0 saturated heterocycles. The van der Waals surface area contributed by atoms with E-state index in [-0.39, 0.29) is 44.6 Å². The average molecular weight is 664 g/mol. The number of H-pyrrole nitrogens is 1. The summed E-state index contributed by atoms with van der Waals surface area (Å²) in [5.74, 6) is -3.72. The summed E-state index contributed by atoms with van der Waals surface area (Å²) in [6, 6.07) is 14.4. The topological polar surface area (TPSA) is 205 Å². The lowest BCUT2D eigenvalue weighted by molar-refractivity contribution is -0.125. The normalized spacial score (nSPS) is 20.5. The van der Waals surface area contributed by atoms with E-state index in [1.807, 2.05) is 13.8 Å². The highest BCUT2D eigenvalue weighted by atomic mass is 32.2. The third-order valence-corrected chi connectivity index (χ3v) is 10.8. The van der Waals surface area contributed by atoms with E-state index in [2.05, 4.69) is 24.4 Å². The molecule has 1 aromatic heterocycles. The maximum atomic E-state index is 14.1. The Balaban J connectivity index is 1.32. The summed E-state index contributed by atoms with van der Waals surface area (Å²) in [5.41, 5.74) is 0.0815. The molecule has 0 radical (unpaired) electrons. The highest BCUT2D eigenvalue weighted by Crippen LogP contribution is 2.43. The van der Waals surface area contributed by atoms with Crippen LogP contribution in [-0.2, 0) is 30.3 Å². The Morgan fingerprint density at radius 1 is 1.09 bits per heavy atom. The first-order valence-corrected chi connectivity index (χ1v) is 17.2. The Kier molecular flexibility index (Phi) is 7.35. The Bertz CT molecular complexity index is 2220. The van der Waals surface area contributed by atoms with Crippen molar-refractivity contribution in [1.29, 1.82) is 0 Å². The van der Waals surface area contributed by atoms with Crippen LogP contribution < -0.4 is 10.0 Å². The minimum absolute atomic E-state index is 0.0150. The first kappa shape index (κ1) is 31.1. The number of hydrogen-bond donors (Lipinski definition) is 4. The molecule has 2 heterocycles. The number of anilines is 2. The smallest absolute Gasteiger partial charge is 0.335 e. The third kappa shape index (κ3) is 5.24. The molecule has 1 aliphatic heterocycles. The van der Waals surface area contributed by atoms with Gasteiger partial charge in [-0.15, -0.1) is 4.40 Å². The summed E-state index contributed by atoms with van der Waals surface area (Å²) in [7, 11) is -8.87. The molecular formula is C31H29N5O8S2. The second-order valence-corrected chi connectivity index (χ2v) is 15.1. The first-order valence-electron chi connectivity index (χ1n) is 14.3. The molecule has 0 bridgehead atoms. The zero-order chi connectivity index (χ0) is 33.2. The summed E-state index contributed by atoms with van der Waals surface area (Å²) < 4.78 is 59.3. The highest BCUT2D eigenvalue weighted by Gasteiger charge is 2.51. The molecule has 46 heavy (non-hydrogen) atoms. The lowest BCUT2D eigenvalue weighted by Gasteiger charge is -2.39. The van der Waals surface area contributed by atoms with Gasteiger partial charge in [0.05, 0.1) is 33.4 Å². The standard InChI is InChI=1S/C31H29N5O8S2/c1-16(2)12-13-31(3)20-7-5-4-6-19(20)26(37)25(27(31)38)28-32-22-11-9-18(15-24(22)45(41,42)36-28)35-46(43,44)30-33-21-10-8-17(29(39)40)14-23(21)34-30/h4-11,14-16,25,35H,12-13H2,1-3H3,(H,32,36)(H,33,34)(H,39,40)/t25?,31-/m1/s1. The fourth-order valence-corrected chi connectivity index (χ4v) is 7.98. The molecule has 238 valence electrons. The summed E-state index contributed by atoms with van der Waals surface area (Å²) in [4.78, 5) is 45.2. The fourth-order valence-electron chi connectivity index (χ4n) is 5.81. The number of fused-ring (bicyclic) bond motifs is 3. The van der Waals surface area contributed by atoms with Gasteiger partial charge in [0.15, 0.2) is 11.6 Å². The summed E-state index contributed by atoms with van der Waals surface area (Å²) in [6.07, 6.45) is 1.16. The maximum absolute atomic E-state index is 14.1. The first-order chi connectivity index (χ1) is 21.6. The molecule has 4 aromatic rings. The predicted molar refractivity (Wildman–Crippen MR) is 169 cm³/mol. The molecule has 0 fully saturated rings. The predicted octanol–water partition coefficient (Wildman–Crippen LogP) is 4.35. The molecule has 1 aliphatic carbocycles. The second kappa shape index (κ2) is 10.9. The monoisotopic (exact) mass is 663 g/mol. The van der Waals surface area contributed by atoms with Crippen LogP contribution in [-0.4, -0.2) is 55.3 Å². The number of carbonyl (C=O) groups is 3. The number of sulfonamides is 2. The number of aromatic carboxylic acids is 1. The molecular weight excluding hydrogens is 635 g/mol. The molecule has 0 saturated carbocycles. The van der Waals surface area contributed by atoms with Crippen molar-refractivity contribution in [3.05, 3.63) is 77.4 Å². The number of nitrogens with zero attached hydrogens (tertiary/aromatic N) is 2. The molecule has 2 aliphatic rings. The van der Waals surface area contributed by atoms with Crippen molar-refractivity contribution in [2.75, 3.05) is 10.0 Å². The third-order valence-electron chi connectivity index (χ3n) is 8.30. The van der Waals surface area contributed by atoms with Gasteiger partial charge in [0.2, 0.25) is 5.16 Å². The quantitative estimate of drug-likeness (QED) is 0.196. The van der Waals surface area contributed by atoms with Crippen molar-refractivity contribution >= 4 is 65.8 Å². The lowest BCUT2D eigenvalue weighted by atomic mass is 9.63. The minimum Gasteiger partial charge on any atom is -0.478 e. The van der Waals surface area contributed by atoms with Crippen LogP contribution in [0.3, 0.4) is 0 Å². The summed E-state index contributed by atoms with van der Waals surface area (Å²) in [6.45, 7) is 5.83. The Morgan fingerprint density at radius 2 is 1.83 bits per heavy atom. The number of carboxylic acid groups (broad SMARTS) is 1. The number of carbonyl (C=O) groups excluding carboxylic acids is 2. The van der Waals surface area contributed by atoms with Gasteiger partial charge in [-0.25, -0.2) is 9.78 Å². The number of nitrogens with one attached hydrogen (secondary N) is 3. The van der Waals surface area contributed by atoms with Crippen molar-refractivity contribution < 1.29 is 36.3 Å². The minimum atomic E-state index is -4.50. The number of hydrogen-bond acceptors (Lipinski definition) is 9. The summed E-state index contributed by atoms with van der Waals surface area (Å²) in [5, 5.41) is 11.5. The van der Waals surface area contributed by atoms with Crippen LogP contribution in [0.2, 0.25) is 0 Å². The number of amidine groups is 1. The van der Waals surface area contributed by atoms with Crippen LogP contribution in [0.4, 0.5) is 11.4 Å². The fraction of sp³-hybridized carbons (Fsp3) is 0.258. The van der Waals surface area contributed by atoms with Gasteiger partial charge in [0.25, 0.3) is 20.0 Å². The molecule has 4 N–H and O–H groups in total. The largest absolute Gasteiger partial charge is 0.478 e. The van der Waals surface area contributed by atoms with Crippen molar-refractivity contribution in [3.63, 3.8) is 0 Å². The van der Waals surface area contributed by atoms with E-state index >= 15 is 0 Å². The SMILES string of the molecule is CC(C)CC[C@@]1(C)C(=O)C(C2=NS(=O)(=O)c3cc(NS(=O)(=O)c4nc5ccc(C(=O)O)cc5[nH]4)ccc3N2)C(=O)c2ccccc21. The van der Waals surface area contributed by atoms with E-state index in [0.29, 0.717) is 24.0 Å². The average Bonchev–Trinajstić information content (AvgIpc) is 3.44. The van der Waals surface area contributed by atoms with Gasteiger partial charge >= 0.3 is 5.97 Å². The number of imidazole rings is 1. The number of benzene rings is 3. The van der Waals surface area contributed by atoms with Crippen LogP contribution in [0.5, 0.6) is 0 Å². The van der Waals surface area contributed by atoms with Gasteiger partial charge in [-0.2, -0.15) is 16.8 Å².